The lowest BCUT2D eigenvalue weighted by molar-refractivity contribution is 0.404. The van der Waals surface area contributed by atoms with Gasteiger partial charge in [-0.05, 0) is 19.1 Å². The highest BCUT2D eigenvalue weighted by Crippen LogP contribution is 2.28. The van der Waals surface area contributed by atoms with E-state index in [4.69, 9.17) is 9.47 Å². The maximum Gasteiger partial charge on any atom is 0.142 e. The highest BCUT2D eigenvalue weighted by atomic mass is 16.5. The Kier molecular flexibility index (Phi) is 3.43. The zero-order valence-corrected chi connectivity index (χ0v) is 8.26. The summed E-state index contributed by atoms with van der Waals surface area (Å²) in [6, 6.07) is 5.68. The van der Waals surface area contributed by atoms with Crippen molar-refractivity contribution in [3.63, 3.8) is 0 Å². The zero-order valence-electron chi connectivity index (χ0n) is 8.26. The summed E-state index contributed by atoms with van der Waals surface area (Å²) in [7, 11) is 3.31. The fourth-order valence-corrected chi connectivity index (χ4v) is 1.14. The van der Waals surface area contributed by atoms with Crippen molar-refractivity contribution in [3.05, 3.63) is 18.2 Å². The summed E-state index contributed by atoms with van der Waals surface area (Å²) >= 11 is 0. The third-order valence-corrected chi connectivity index (χ3v) is 1.77. The van der Waals surface area contributed by atoms with Crippen molar-refractivity contribution in [3.8, 4) is 11.5 Å². The molecule has 0 aliphatic heterocycles. The van der Waals surface area contributed by atoms with Gasteiger partial charge in [0.25, 0.3) is 0 Å². The van der Waals surface area contributed by atoms with Crippen LogP contribution in [0.2, 0.25) is 0 Å². The predicted molar refractivity (Wildman–Crippen MR) is 53.7 cm³/mol. The largest absolute Gasteiger partial charge is 0.497 e. The van der Waals surface area contributed by atoms with E-state index in [-0.39, 0.29) is 0 Å². The second-order valence-electron chi connectivity index (χ2n) is 2.60. The highest BCUT2D eigenvalue weighted by Gasteiger charge is 2.02. The monoisotopic (exact) mass is 181 g/mol. The van der Waals surface area contributed by atoms with Crippen LogP contribution in [-0.4, -0.2) is 20.8 Å². The molecule has 1 aromatic rings. The van der Waals surface area contributed by atoms with Gasteiger partial charge in [-0.25, -0.2) is 0 Å². The Balaban J connectivity index is 2.95. The lowest BCUT2D eigenvalue weighted by Crippen LogP contribution is -1.99. The summed E-state index contributed by atoms with van der Waals surface area (Å²) in [6.45, 7) is 2.91. The molecule has 0 saturated carbocycles. The minimum atomic E-state index is 0.830. The van der Waals surface area contributed by atoms with Crippen molar-refractivity contribution >= 4 is 5.69 Å². The first-order valence-corrected chi connectivity index (χ1v) is 4.27. The second-order valence-corrected chi connectivity index (χ2v) is 2.60. The molecule has 1 rings (SSSR count). The SMILES string of the molecule is CCNc1cc(OC)ccc1OC. The predicted octanol–water partition coefficient (Wildman–Crippen LogP) is 2.14. The number of methoxy groups -OCH3 is 2. The van der Waals surface area contributed by atoms with Crippen LogP contribution in [-0.2, 0) is 0 Å². The van der Waals surface area contributed by atoms with Crippen LogP contribution in [0.25, 0.3) is 0 Å². The number of ether oxygens (including phenoxy) is 2. The summed E-state index contributed by atoms with van der Waals surface area (Å²) in [5.74, 6) is 1.67. The van der Waals surface area contributed by atoms with Crippen molar-refractivity contribution in [2.75, 3.05) is 26.1 Å². The summed E-state index contributed by atoms with van der Waals surface area (Å²) in [6.07, 6.45) is 0. The Hall–Kier alpha value is -1.38. The first-order chi connectivity index (χ1) is 6.31. The fraction of sp³-hybridized carbons (Fsp3) is 0.400. The van der Waals surface area contributed by atoms with E-state index in [9.17, 15) is 0 Å². The molecule has 1 aromatic carbocycles. The molecule has 0 heterocycles. The summed E-state index contributed by atoms with van der Waals surface area (Å²) < 4.78 is 10.3. The second kappa shape index (κ2) is 4.60. The Morgan fingerprint density at radius 1 is 1.23 bits per heavy atom. The van der Waals surface area contributed by atoms with Crippen LogP contribution >= 0.6 is 0 Å². The maximum atomic E-state index is 5.18. The molecule has 0 unspecified atom stereocenters. The summed E-state index contributed by atoms with van der Waals surface area (Å²) in [5.41, 5.74) is 0.962. The maximum absolute atomic E-state index is 5.18. The molecule has 0 spiro atoms. The van der Waals surface area contributed by atoms with Crippen LogP contribution in [0, 0.1) is 0 Å². The van der Waals surface area contributed by atoms with Crippen LogP contribution < -0.4 is 14.8 Å². The standard InChI is InChI=1S/C10H15NO2/c1-4-11-9-7-8(12-2)5-6-10(9)13-3/h5-7,11H,4H2,1-3H3. The molecule has 3 heteroatoms. The van der Waals surface area contributed by atoms with E-state index in [1.54, 1.807) is 14.2 Å². The molecule has 0 amide bonds. The summed E-state index contributed by atoms with van der Waals surface area (Å²) in [4.78, 5) is 0. The molecule has 1 N–H and O–H groups in total. The quantitative estimate of drug-likeness (QED) is 0.771. The van der Waals surface area contributed by atoms with E-state index >= 15 is 0 Å². The Morgan fingerprint density at radius 2 is 2.00 bits per heavy atom. The number of rotatable bonds is 4. The van der Waals surface area contributed by atoms with E-state index in [0.29, 0.717) is 0 Å². The topological polar surface area (TPSA) is 30.5 Å². The van der Waals surface area contributed by atoms with E-state index in [2.05, 4.69) is 5.32 Å². The van der Waals surface area contributed by atoms with Crippen LogP contribution in [0.15, 0.2) is 18.2 Å². The molecule has 72 valence electrons. The molecule has 0 aliphatic carbocycles. The van der Waals surface area contributed by atoms with E-state index < -0.39 is 0 Å². The van der Waals surface area contributed by atoms with Crippen molar-refractivity contribution in [2.45, 2.75) is 6.92 Å². The number of nitrogens with one attached hydrogen (secondary N) is 1. The number of hydrogen-bond donors (Lipinski definition) is 1. The lowest BCUT2D eigenvalue weighted by Gasteiger charge is -2.10. The first-order valence-electron chi connectivity index (χ1n) is 4.27. The molecule has 0 radical (unpaired) electrons. The normalized spacial score (nSPS) is 9.46. The molecule has 13 heavy (non-hydrogen) atoms. The molecule has 0 fully saturated rings. The third kappa shape index (κ3) is 2.28. The van der Waals surface area contributed by atoms with Crippen molar-refractivity contribution in [1.29, 1.82) is 0 Å². The average Bonchev–Trinajstić information content (AvgIpc) is 2.18. The van der Waals surface area contributed by atoms with Gasteiger partial charge in [-0.1, -0.05) is 0 Å². The van der Waals surface area contributed by atoms with Gasteiger partial charge in [-0.15, -0.1) is 0 Å². The van der Waals surface area contributed by atoms with Gasteiger partial charge in [0.1, 0.15) is 11.5 Å². The van der Waals surface area contributed by atoms with E-state index in [1.165, 1.54) is 0 Å². The van der Waals surface area contributed by atoms with Crippen molar-refractivity contribution in [1.82, 2.24) is 0 Å². The Labute approximate surface area is 78.7 Å². The molecule has 0 saturated heterocycles. The Bertz CT molecular complexity index is 274. The van der Waals surface area contributed by atoms with Crippen LogP contribution in [0.4, 0.5) is 5.69 Å². The molecular weight excluding hydrogens is 166 g/mol. The lowest BCUT2D eigenvalue weighted by atomic mass is 10.2. The van der Waals surface area contributed by atoms with Crippen LogP contribution in [0.3, 0.4) is 0 Å². The van der Waals surface area contributed by atoms with Crippen molar-refractivity contribution < 1.29 is 9.47 Å². The number of hydrogen-bond acceptors (Lipinski definition) is 3. The summed E-state index contributed by atoms with van der Waals surface area (Å²) in [5, 5.41) is 3.20. The zero-order chi connectivity index (χ0) is 9.68. The van der Waals surface area contributed by atoms with Gasteiger partial charge in [0.15, 0.2) is 0 Å². The highest BCUT2D eigenvalue weighted by molar-refractivity contribution is 5.59. The molecule has 0 bridgehead atoms. The van der Waals surface area contributed by atoms with Gasteiger partial charge in [0.05, 0.1) is 19.9 Å². The molecule has 0 aromatic heterocycles. The number of benzene rings is 1. The van der Waals surface area contributed by atoms with E-state index in [0.717, 1.165) is 23.7 Å². The Morgan fingerprint density at radius 3 is 2.54 bits per heavy atom. The minimum absolute atomic E-state index is 0.830. The van der Waals surface area contributed by atoms with E-state index in [1.807, 2.05) is 25.1 Å². The van der Waals surface area contributed by atoms with Crippen LogP contribution in [0.1, 0.15) is 6.92 Å². The molecule has 0 atom stereocenters. The van der Waals surface area contributed by atoms with Gasteiger partial charge in [-0.2, -0.15) is 0 Å². The van der Waals surface area contributed by atoms with Gasteiger partial charge in [0.2, 0.25) is 0 Å². The minimum Gasteiger partial charge on any atom is -0.497 e. The molecule has 0 aliphatic rings. The van der Waals surface area contributed by atoms with Crippen molar-refractivity contribution in [2.24, 2.45) is 0 Å². The smallest absolute Gasteiger partial charge is 0.142 e. The average molecular weight is 181 g/mol. The van der Waals surface area contributed by atoms with Gasteiger partial charge >= 0.3 is 0 Å². The molecular formula is C10H15NO2. The van der Waals surface area contributed by atoms with Gasteiger partial charge in [0, 0.05) is 12.6 Å². The fourth-order valence-electron chi connectivity index (χ4n) is 1.14. The molecule has 3 nitrogen and oxygen atoms in total. The van der Waals surface area contributed by atoms with Gasteiger partial charge < -0.3 is 14.8 Å². The third-order valence-electron chi connectivity index (χ3n) is 1.77. The van der Waals surface area contributed by atoms with Crippen LogP contribution in [0.5, 0.6) is 11.5 Å². The number of anilines is 1. The van der Waals surface area contributed by atoms with Gasteiger partial charge in [-0.3, -0.25) is 0 Å². The first kappa shape index (κ1) is 9.71.